The van der Waals surface area contributed by atoms with Crippen LogP contribution in [0.1, 0.15) is 24.6 Å². The predicted molar refractivity (Wildman–Crippen MR) is 61.3 cm³/mol. The van der Waals surface area contributed by atoms with E-state index in [0.717, 1.165) is 19.6 Å². The molecule has 0 saturated heterocycles. The molecule has 1 aromatic rings. The van der Waals surface area contributed by atoms with Gasteiger partial charge in [-0.2, -0.15) is 0 Å². The van der Waals surface area contributed by atoms with Crippen LogP contribution < -0.4 is 11.1 Å². The third-order valence-electron chi connectivity index (χ3n) is 2.24. The maximum absolute atomic E-state index is 5.54. The van der Waals surface area contributed by atoms with Crippen molar-refractivity contribution in [1.29, 1.82) is 0 Å². The van der Waals surface area contributed by atoms with Gasteiger partial charge in [-0.15, -0.1) is 11.3 Å². The average molecular weight is 213 g/mol. The van der Waals surface area contributed by atoms with Gasteiger partial charge in [0, 0.05) is 17.6 Å². The first-order chi connectivity index (χ1) is 6.83. The van der Waals surface area contributed by atoms with E-state index in [1.807, 2.05) is 11.7 Å². The minimum Gasteiger partial charge on any atom is -0.330 e. The summed E-state index contributed by atoms with van der Waals surface area (Å²) < 4.78 is 0. The van der Waals surface area contributed by atoms with Gasteiger partial charge in [0.15, 0.2) is 0 Å². The third kappa shape index (κ3) is 4.69. The molecule has 4 heteroatoms. The third-order valence-corrected chi connectivity index (χ3v) is 3.02. The van der Waals surface area contributed by atoms with Crippen molar-refractivity contribution < 1.29 is 0 Å². The molecule has 14 heavy (non-hydrogen) atoms. The van der Waals surface area contributed by atoms with Gasteiger partial charge in [-0.25, -0.2) is 0 Å². The highest BCUT2D eigenvalue weighted by atomic mass is 32.1. The lowest BCUT2D eigenvalue weighted by atomic mass is 10.1. The van der Waals surface area contributed by atoms with Gasteiger partial charge in [0.05, 0.1) is 5.51 Å². The Kier molecular flexibility index (Phi) is 5.75. The number of rotatable bonds is 7. The number of hydrogen-bond acceptors (Lipinski definition) is 4. The van der Waals surface area contributed by atoms with Crippen molar-refractivity contribution in [2.45, 2.75) is 26.3 Å². The van der Waals surface area contributed by atoms with Gasteiger partial charge in [-0.05, 0) is 31.8 Å². The van der Waals surface area contributed by atoms with Crippen molar-refractivity contribution in [3.8, 4) is 0 Å². The summed E-state index contributed by atoms with van der Waals surface area (Å²) in [5.41, 5.74) is 7.41. The van der Waals surface area contributed by atoms with Gasteiger partial charge < -0.3 is 11.1 Å². The summed E-state index contributed by atoms with van der Waals surface area (Å²) in [5.74, 6) is 0.653. The molecule has 0 amide bonds. The molecule has 0 aliphatic rings. The Balaban J connectivity index is 1.95. The van der Waals surface area contributed by atoms with Crippen molar-refractivity contribution in [3.05, 3.63) is 16.6 Å². The van der Waals surface area contributed by atoms with E-state index in [-0.39, 0.29) is 0 Å². The van der Waals surface area contributed by atoms with E-state index >= 15 is 0 Å². The van der Waals surface area contributed by atoms with Crippen molar-refractivity contribution >= 4 is 11.3 Å². The fraction of sp³-hybridized carbons (Fsp3) is 0.700. The Bertz CT molecular complexity index is 223. The highest BCUT2D eigenvalue weighted by molar-refractivity contribution is 7.09. The number of thiazole rings is 1. The number of nitrogens with zero attached hydrogens (tertiary/aromatic N) is 1. The molecule has 0 bridgehead atoms. The largest absolute Gasteiger partial charge is 0.330 e. The molecule has 0 fully saturated rings. The van der Waals surface area contributed by atoms with Crippen molar-refractivity contribution in [2.75, 3.05) is 13.1 Å². The second-order valence-corrected chi connectivity index (χ2v) is 4.60. The summed E-state index contributed by atoms with van der Waals surface area (Å²) in [7, 11) is 0. The standard InChI is InChI=1S/C10H19N3S/c1-9(5-11)3-2-4-12-6-10-7-13-8-14-10/h7-9,12H,2-6,11H2,1H3. The highest BCUT2D eigenvalue weighted by Gasteiger charge is 1.98. The van der Waals surface area contributed by atoms with Gasteiger partial charge in [0.1, 0.15) is 0 Å². The van der Waals surface area contributed by atoms with Crippen LogP contribution in [0.25, 0.3) is 0 Å². The summed E-state index contributed by atoms with van der Waals surface area (Å²) in [6.45, 7) is 5.02. The van der Waals surface area contributed by atoms with Crippen LogP contribution in [0.3, 0.4) is 0 Å². The van der Waals surface area contributed by atoms with E-state index in [1.165, 1.54) is 17.7 Å². The molecule has 0 radical (unpaired) electrons. The molecular weight excluding hydrogens is 194 g/mol. The summed E-state index contributed by atoms with van der Waals surface area (Å²) in [6, 6.07) is 0. The van der Waals surface area contributed by atoms with E-state index < -0.39 is 0 Å². The molecule has 3 N–H and O–H groups in total. The smallest absolute Gasteiger partial charge is 0.0794 e. The molecule has 1 rings (SSSR count). The van der Waals surface area contributed by atoms with Crippen LogP contribution in [0, 0.1) is 5.92 Å². The molecule has 0 aliphatic heterocycles. The van der Waals surface area contributed by atoms with Crippen LogP contribution in [0.2, 0.25) is 0 Å². The summed E-state index contributed by atoms with van der Waals surface area (Å²) in [6.07, 6.45) is 4.34. The first kappa shape index (κ1) is 11.6. The van der Waals surface area contributed by atoms with Gasteiger partial charge in [0.2, 0.25) is 0 Å². The summed E-state index contributed by atoms with van der Waals surface area (Å²) >= 11 is 1.70. The SMILES string of the molecule is CC(CN)CCCNCc1cncs1. The second-order valence-electron chi connectivity index (χ2n) is 3.63. The van der Waals surface area contributed by atoms with Gasteiger partial charge in [-0.1, -0.05) is 6.92 Å². The maximum Gasteiger partial charge on any atom is 0.0794 e. The maximum atomic E-state index is 5.54. The van der Waals surface area contributed by atoms with Crippen LogP contribution in [-0.2, 0) is 6.54 Å². The fourth-order valence-electron chi connectivity index (χ4n) is 1.23. The summed E-state index contributed by atoms with van der Waals surface area (Å²) in [4.78, 5) is 5.33. The second kappa shape index (κ2) is 6.92. The van der Waals surface area contributed by atoms with E-state index in [2.05, 4.69) is 17.2 Å². The molecule has 3 nitrogen and oxygen atoms in total. The highest BCUT2D eigenvalue weighted by Crippen LogP contribution is 2.05. The Morgan fingerprint density at radius 2 is 2.50 bits per heavy atom. The molecule has 0 aliphatic carbocycles. The van der Waals surface area contributed by atoms with E-state index in [4.69, 9.17) is 5.73 Å². The molecule has 0 saturated carbocycles. The number of aromatic nitrogens is 1. The monoisotopic (exact) mass is 213 g/mol. The first-order valence-corrected chi connectivity index (χ1v) is 5.99. The first-order valence-electron chi connectivity index (χ1n) is 5.11. The Morgan fingerprint density at radius 1 is 1.64 bits per heavy atom. The van der Waals surface area contributed by atoms with Crippen LogP contribution in [0.5, 0.6) is 0 Å². The van der Waals surface area contributed by atoms with Crippen LogP contribution >= 0.6 is 11.3 Å². The van der Waals surface area contributed by atoms with E-state index in [1.54, 1.807) is 11.3 Å². The normalized spacial score (nSPS) is 13.0. The number of hydrogen-bond donors (Lipinski definition) is 2. The van der Waals surface area contributed by atoms with Crippen LogP contribution in [0.15, 0.2) is 11.7 Å². The quantitative estimate of drug-likeness (QED) is 0.677. The summed E-state index contributed by atoms with van der Waals surface area (Å²) in [5, 5.41) is 3.40. The molecule has 1 aromatic heterocycles. The van der Waals surface area contributed by atoms with Gasteiger partial charge in [0.25, 0.3) is 0 Å². The molecule has 80 valence electrons. The molecule has 0 aromatic carbocycles. The van der Waals surface area contributed by atoms with Crippen LogP contribution in [-0.4, -0.2) is 18.1 Å². The molecule has 1 heterocycles. The van der Waals surface area contributed by atoms with Gasteiger partial charge in [-0.3, -0.25) is 4.98 Å². The van der Waals surface area contributed by atoms with E-state index in [9.17, 15) is 0 Å². The lowest BCUT2D eigenvalue weighted by Crippen LogP contribution is -2.17. The molecule has 0 spiro atoms. The predicted octanol–water partition coefficient (Wildman–Crippen LogP) is 1.61. The minimum absolute atomic E-state index is 0.653. The zero-order valence-electron chi connectivity index (χ0n) is 8.70. The topological polar surface area (TPSA) is 50.9 Å². The number of nitrogens with one attached hydrogen (secondary N) is 1. The van der Waals surface area contributed by atoms with Gasteiger partial charge >= 0.3 is 0 Å². The zero-order valence-corrected chi connectivity index (χ0v) is 9.52. The van der Waals surface area contributed by atoms with Crippen molar-refractivity contribution in [3.63, 3.8) is 0 Å². The molecule has 1 unspecified atom stereocenters. The lowest BCUT2D eigenvalue weighted by Gasteiger charge is -2.07. The van der Waals surface area contributed by atoms with Crippen LogP contribution in [0.4, 0.5) is 0 Å². The van der Waals surface area contributed by atoms with Crippen molar-refractivity contribution in [1.82, 2.24) is 10.3 Å². The lowest BCUT2D eigenvalue weighted by molar-refractivity contribution is 0.502. The number of nitrogens with two attached hydrogens (primary N) is 1. The Morgan fingerprint density at radius 3 is 3.14 bits per heavy atom. The fourth-order valence-corrected chi connectivity index (χ4v) is 1.80. The molecular formula is C10H19N3S. The van der Waals surface area contributed by atoms with E-state index in [0.29, 0.717) is 5.92 Å². The Hall–Kier alpha value is -0.450. The zero-order chi connectivity index (χ0) is 10.2. The Labute approximate surface area is 89.7 Å². The molecule has 1 atom stereocenters. The van der Waals surface area contributed by atoms with Crippen molar-refractivity contribution in [2.24, 2.45) is 11.7 Å². The average Bonchev–Trinajstić information content (AvgIpc) is 2.69. The minimum atomic E-state index is 0.653.